The molecule has 0 spiro atoms. The normalized spacial score (nSPS) is 31.0. The molecule has 4 fully saturated rings. The Morgan fingerprint density at radius 3 is 2.15 bits per heavy atom. The molecule has 6 heteroatoms. The van der Waals surface area contributed by atoms with Gasteiger partial charge >= 0.3 is 0 Å². The van der Waals surface area contributed by atoms with Gasteiger partial charge in [0.2, 0.25) is 0 Å². The first-order valence-corrected chi connectivity index (χ1v) is 9.67. The van der Waals surface area contributed by atoms with Crippen LogP contribution in [0.25, 0.3) is 11.3 Å². The fraction of sp³-hybridized carbons (Fsp3) is 0.476. The number of carbonyl (C=O) groups is 1. The summed E-state index contributed by atoms with van der Waals surface area (Å²) in [6.45, 7) is 0. The van der Waals surface area contributed by atoms with Gasteiger partial charge in [0.1, 0.15) is 5.76 Å². The number of amides is 1. The summed E-state index contributed by atoms with van der Waals surface area (Å²) in [4.78, 5) is 23.2. The number of benzene rings is 1. The standard InChI is InChI=1S/C21H22N2O4/c24-20(22-21-10-13-7-14(11-21)9-15(8-13)12-21)19-6-5-18(27-19)16-1-3-17(4-2-16)23(25)26/h1-6,13-15H,7-12H2,(H,22,24). The molecular formula is C21H22N2O4. The minimum atomic E-state index is -0.434. The minimum absolute atomic E-state index is 0.0325. The summed E-state index contributed by atoms with van der Waals surface area (Å²) in [6, 6.07) is 9.58. The molecule has 1 N–H and O–H groups in total. The van der Waals surface area contributed by atoms with E-state index >= 15 is 0 Å². The largest absolute Gasteiger partial charge is 0.451 e. The molecule has 6 rings (SSSR count). The number of nitro groups is 1. The van der Waals surface area contributed by atoms with Crippen molar-refractivity contribution in [3.05, 3.63) is 52.3 Å². The van der Waals surface area contributed by atoms with E-state index in [1.165, 1.54) is 31.4 Å². The smallest absolute Gasteiger partial charge is 0.287 e. The number of furan rings is 1. The Labute approximate surface area is 157 Å². The Balaban J connectivity index is 1.32. The van der Waals surface area contributed by atoms with Gasteiger partial charge in [0.25, 0.3) is 11.6 Å². The van der Waals surface area contributed by atoms with Crippen LogP contribution in [-0.2, 0) is 0 Å². The maximum Gasteiger partial charge on any atom is 0.287 e. The molecule has 1 aromatic heterocycles. The topological polar surface area (TPSA) is 85.4 Å². The van der Waals surface area contributed by atoms with Crippen LogP contribution in [0.3, 0.4) is 0 Å². The molecule has 4 saturated carbocycles. The summed E-state index contributed by atoms with van der Waals surface area (Å²) < 4.78 is 5.76. The number of rotatable bonds is 4. The summed E-state index contributed by atoms with van der Waals surface area (Å²) in [7, 11) is 0. The highest BCUT2D eigenvalue weighted by Gasteiger charge is 2.51. The van der Waals surface area contributed by atoms with Crippen molar-refractivity contribution in [2.24, 2.45) is 17.8 Å². The number of non-ortho nitro benzene ring substituents is 1. The second-order valence-corrected chi connectivity index (χ2v) is 8.62. The van der Waals surface area contributed by atoms with Gasteiger partial charge in [-0.25, -0.2) is 0 Å². The van der Waals surface area contributed by atoms with Crippen LogP contribution in [0.2, 0.25) is 0 Å². The zero-order valence-electron chi connectivity index (χ0n) is 15.0. The molecular weight excluding hydrogens is 344 g/mol. The summed E-state index contributed by atoms with van der Waals surface area (Å²) in [5, 5.41) is 14.1. The first-order chi connectivity index (χ1) is 13.0. The lowest BCUT2D eigenvalue weighted by molar-refractivity contribution is -0.384. The highest BCUT2D eigenvalue weighted by atomic mass is 16.6. The van der Waals surface area contributed by atoms with E-state index in [1.807, 2.05) is 0 Å². The lowest BCUT2D eigenvalue weighted by Gasteiger charge is -2.56. The van der Waals surface area contributed by atoms with E-state index in [-0.39, 0.29) is 17.1 Å². The lowest BCUT2D eigenvalue weighted by atomic mass is 9.53. The monoisotopic (exact) mass is 366 g/mol. The molecule has 1 aromatic carbocycles. The Morgan fingerprint density at radius 2 is 1.59 bits per heavy atom. The molecule has 0 unspecified atom stereocenters. The average molecular weight is 366 g/mol. The molecule has 1 amide bonds. The molecule has 0 atom stereocenters. The van der Waals surface area contributed by atoms with E-state index in [0.717, 1.165) is 42.6 Å². The molecule has 2 aromatic rings. The summed E-state index contributed by atoms with van der Waals surface area (Å²) >= 11 is 0. The molecule has 4 bridgehead atoms. The van der Waals surface area contributed by atoms with Gasteiger partial charge in [-0.3, -0.25) is 14.9 Å². The fourth-order valence-electron chi connectivity index (χ4n) is 5.93. The number of hydrogen-bond acceptors (Lipinski definition) is 4. The summed E-state index contributed by atoms with van der Waals surface area (Å²) in [5.41, 5.74) is 0.700. The number of carbonyl (C=O) groups excluding carboxylic acids is 1. The van der Waals surface area contributed by atoms with Crippen molar-refractivity contribution in [2.45, 2.75) is 44.1 Å². The van der Waals surface area contributed by atoms with E-state index in [1.54, 1.807) is 24.3 Å². The second-order valence-electron chi connectivity index (χ2n) is 8.62. The van der Waals surface area contributed by atoms with E-state index < -0.39 is 4.92 Å². The van der Waals surface area contributed by atoms with Crippen molar-refractivity contribution in [2.75, 3.05) is 0 Å². The van der Waals surface area contributed by atoms with Crippen LogP contribution in [0.5, 0.6) is 0 Å². The van der Waals surface area contributed by atoms with Crippen LogP contribution in [0.4, 0.5) is 5.69 Å². The van der Waals surface area contributed by atoms with Gasteiger partial charge in [0.15, 0.2) is 5.76 Å². The molecule has 140 valence electrons. The van der Waals surface area contributed by atoms with E-state index in [9.17, 15) is 14.9 Å². The Hall–Kier alpha value is -2.63. The number of nitro benzene ring substituents is 1. The van der Waals surface area contributed by atoms with Crippen molar-refractivity contribution >= 4 is 11.6 Å². The summed E-state index contributed by atoms with van der Waals surface area (Å²) in [5.74, 6) is 3.00. The maximum absolute atomic E-state index is 12.8. The van der Waals surface area contributed by atoms with Crippen LogP contribution in [0.1, 0.15) is 49.1 Å². The third-order valence-electron chi connectivity index (χ3n) is 6.61. The molecule has 0 saturated heterocycles. The molecule has 4 aliphatic carbocycles. The van der Waals surface area contributed by atoms with Crippen LogP contribution >= 0.6 is 0 Å². The minimum Gasteiger partial charge on any atom is -0.451 e. The Kier molecular flexibility index (Phi) is 3.64. The van der Waals surface area contributed by atoms with Gasteiger partial charge in [-0.05, 0) is 80.5 Å². The first kappa shape index (κ1) is 16.5. The molecule has 6 nitrogen and oxygen atoms in total. The van der Waals surface area contributed by atoms with E-state index in [2.05, 4.69) is 5.32 Å². The van der Waals surface area contributed by atoms with E-state index in [0.29, 0.717) is 11.5 Å². The van der Waals surface area contributed by atoms with Crippen molar-refractivity contribution in [1.82, 2.24) is 5.32 Å². The molecule has 1 heterocycles. The van der Waals surface area contributed by atoms with Crippen molar-refractivity contribution in [3.8, 4) is 11.3 Å². The van der Waals surface area contributed by atoms with Gasteiger partial charge < -0.3 is 9.73 Å². The van der Waals surface area contributed by atoms with Gasteiger partial charge in [-0.1, -0.05) is 0 Å². The lowest BCUT2D eigenvalue weighted by Crippen LogP contribution is -2.59. The molecule has 0 radical (unpaired) electrons. The van der Waals surface area contributed by atoms with Gasteiger partial charge in [0, 0.05) is 23.2 Å². The fourth-order valence-corrected chi connectivity index (χ4v) is 5.93. The van der Waals surface area contributed by atoms with Crippen molar-refractivity contribution < 1.29 is 14.1 Å². The highest BCUT2D eigenvalue weighted by molar-refractivity contribution is 5.92. The van der Waals surface area contributed by atoms with Gasteiger partial charge in [-0.15, -0.1) is 0 Å². The SMILES string of the molecule is O=C(NC12CC3CC(CC(C3)C1)C2)c1ccc(-c2ccc([N+](=O)[O-])cc2)o1. The van der Waals surface area contributed by atoms with Gasteiger partial charge in [-0.2, -0.15) is 0 Å². The average Bonchev–Trinajstić information content (AvgIpc) is 3.10. The number of nitrogens with one attached hydrogen (secondary N) is 1. The van der Waals surface area contributed by atoms with Crippen LogP contribution < -0.4 is 5.32 Å². The van der Waals surface area contributed by atoms with E-state index in [4.69, 9.17) is 4.42 Å². The Morgan fingerprint density at radius 1 is 1.00 bits per heavy atom. The Bertz CT molecular complexity index is 864. The predicted octanol–water partition coefficient (Wildman–Crippen LogP) is 4.55. The molecule has 0 aliphatic heterocycles. The third-order valence-corrected chi connectivity index (χ3v) is 6.61. The van der Waals surface area contributed by atoms with Crippen molar-refractivity contribution in [3.63, 3.8) is 0 Å². The second kappa shape index (κ2) is 5.94. The molecule has 4 aliphatic rings. The zero-order chi connectivity index (χ0) is 18.6. The number of nitrogens with zero attached hydrogens (tertiary/aromatic N) is 1. The van der Waals surface area contributed by atoms with Crippen molar-refractivity contribution in [1.29, 1.82) is 0 Å². The highest BCUT2D eigenvalue weighted by Crippen LogP contribution is 2.55. The first-order valence-electron chi connectivity index (χ1n) is 9.67. The van der Waals surface area contributed by atoms with Crippen LogP contribution in [0.15, 0.2) is 40.8 Å². The summed E-state index contributed by atoms with van der Waals surface area (Å²) in [6.07, 6.45) is 7.29. The third kappa shape index (κ3) is 2.93. The zero-order valence-corrected chi connectivity index (χ0v) is 15.0. The quantitative estimate of drug-likeness (QED) is 0.635. The predicted molar refractivity (Wildman–Crippen MR) is 99.2 cm³/mol. The van der Waals surface area contributed by atoms with Crippen LogP contribution in [-0.4, -0.2) is 16.4 Å². The molecule has 27 heavy (non-hydrogen) atoms. The van der Waals surface area contributed by atoms with Gasteiger partial charge in [0.05, 0.1) is 4.92 Å². The van der Waals surface area contributed by atoms with Crippen LogP contribution in [0, 0.1) is 27.9 Å². The number of hydrogen-bond donors (Lipinski definition) is 1. The maximum atomic E-state index is 12.8.